The lowest BCUT2D eigenvalue weighted by atomic mass is 9.96. The topological polar surface area (TPSA) is 25.8 Å². The van der Waals surface area contributed by atoms with E-state index in [4.69, 9.17) is 9.97 Å². The number of rotatable bonds is 30. The van der Waals surface area contributed by atoms with E-state index in [1.807, 2.05) is 0 Å². The van der Waals surface area contributed by atoms with Gasteiger partial charge in [-0.1, -0.05) is 175 Å². The normalized spacial score (nSPS) is 11.5. The number of unbranched alkanes of at least 4 members (excludes halogenated alkanes) is 24. The second-order valence-corrected chi connectivity index (χ2v) is 12.7. The van der Waals surface area contributed by atoms with Crippen molar-refractivity contribution in [3.63, 3.8) is 0 Å². The van der Waals surface area contributed by atoms with Gasteiger partial charge in [-0.2, -0.15) is 0 Å². The summed E-state index contributed by atoms with van der Waals surface area (Å²) in [6.45, 7) is 11.1. The fourth-order valence-corrected chi connectivity index (χ4v) is 6.16. The Bertz CT molecular complexity index is 624. The molecule has 0 aliphatic heterocycles. The van der Waals surface area contributed by atoms with Gasteiger partial charge in [-0.25, -0.2) is 9.97 Å². The van der Waals surface area contributed by atoms with E-state index >= 15 is 0 Å². The number of aromatic nitrogens is 2. The molecule has 0 saturated heterocycles. The van der Waals surface area contributed by atoms with Crippen LogP contribution in [0.25, 0.3) is 0 Å². The fourth-order valence-electron chi connectivity index (χ4n) is 6.16. The van der Waals surface area contributed by atoms with Crippen LogP contribution in [0.5, 0.6) is 0 Å². The molecule has 2 heteroatoms. The maximum atomic E-state index is 4.93. The first-order valence-electron chi connectivity index (χ1n) is 18.4. The molecule has 0 N–H and O–H groups in total. The van der Waals surface area contributed by atoms with Crippen molar-refractivity contribution in [3.05, 3.63) is 29.7 Å². The van der Waals surface area contributed by atoms with E-state index in [0.717, 1.165) is 18.7 Å². The Hall–Kier alpha value is -0.920. The number of hydrogen-bond donors (Lipinski definition) is 0. The molecule has 2 nitrogen and oxygen atoms in total. The highest BCUT2D eigenvalue weighted by Gasteiger charge is 2.13. The van der Waals surface area contributed by atoms with E-state index in [1.165, 1.54) is 197 Å². The smallest absolute Gasteiger partial charge is 0.129 e. The first-order chi connectivity index (χ1) is 19.7. The molecule has 0 fully saturated rings. The van der Waals surface area contributed by atoms with E-state index in [9.17, 15) is 0 Å². The van der Waals surface area contributed by atoms with Gasteiger partial charge in [0.05, 0.1) is 0 Å². The molecule has 40 heavy (non-hydrogen) atoms. The minimum Gasteiger partial charge on any atom is -0.238 e. The van der Waals surface area contributed by atoms with Gasteiger partial charge in [-0.3, -0.25) is 0 Å². The summed E-state index contributed by atoms with van der Waals surface area (Å²) in [5.74, 6) is 0.757. The average molecular weight is 556 g/mol. The summed E-state index contributed by atoms with van der Waals surface area (Å²) in [4.78, 5) is 9.86. The predicted octanol–water partition coefficient (Wildman–Crippen LogP) is 12.9. The second-order valence-electron chi connectivity index (χ2n) is 12.7. The maximum absolute atomic E-state index is 4.93. The van der Waals surface area contributed by atoms with Crippen LogP contribution in [-0.2, 0) is 19.3 Å². The summed E-state index contributed by atoms with van der Waals surface area (Å²) in [5.41, 5.74) is 4.19. The predicted molar refractivity (Wildman–Crippen MR) is 179 cm³/mol. The Kier molecular flexibility index (Phi) is 26.2. The molecule has 0 unspecified atom stereocenters. The third-order valence-corrected chi connectivity index (χ3v) is 8.79. The Morgan fingerprint density at radius 2 is 0.600 bits per heavy atom. The van der Waals surface area contributed by atoms with Crippen LogP contribution in [0.4, 0.5) is 0 Å². The molecule has 0 aliphatic carbocycles. The molecule has 1 aromatic heterocycles. The molecule has 1 rings (SSSR count). The Morgan fingerprint density at radius 1 is 0.350 bits per heavy atom. The fraction of sp³-hybridized carbons (Fsp3) is 0.868. The zero-order valence-electron chi connectivity index (χ0n) is 27.8. The van der Waals surface area contributed by atoms with Gasteiger partial charge in [0.15, 0.2) is 0 Å². The lowest BCUT2D eigenvalue weighted by Gasteiger charge is -2.15. The van der Waals surface area contributed by atoms with E-state index in [-0.39, 0.29) is 0 Å². The highest BCUT2D eigenvalue weighted by atomic mass is 14.9. The molecule has 233 valence electrons. The Morgan fingerprint density at radius 3 is 0.900 bits per heavy atom. The first-order valence-corrected chi connectivity index (χ1v) is 18.4. The van der Waals surface area contributed by atoms with Gasteiger partial charge in [0.25, 0.3) is 0 Å². The zero-order valence-corrected chi connectivity index (χ0v) is 27.8. The van der Waals surface area contributed by atoms with Crippen molar-refractivity contribution in [2.45, 2.75) is 213 Å². The van der Waals surface area contributed by atoms with Gasteiger partial charge in [-0.15, -0.1) is 0 Å². The van der Waals surface area contributed by atoms with E-state index in [0.29, 0.717) is 0 Å². The van der Waals surface area contributed by atoms with E-state index in [1.54, 1.807) is 0 Å². The molecule has 0 saturated carbocycles. The highest BCUT2D eigenvalue weighted by molar-refractivity contribution is 5.27. The van der Waals surface area contributed by atoms with Crippen LogP contribution in [0.15, 0.2) is 0 Å². The molecule has 0 amide bonds. The average Bonchev–Trinajstić information content (AvgIpc) is 2.95. The number of nitrogens with zero attached hydrogens (tertiary/aromatic N) is 2. The third-order valence-electron chi connectivity index (χ3n) is 8.79. The van der Waals surface area contributed by atoms with Crippen molar-refractivity contribution >= 4 is 0 Å². The number of hydrogen-bond acceptors (Lipinski definition) is 2. The van der Waals surface area contributed by atoms with Crippen molar-refractivity contribution in [2.75, 3.05) is 0 Å². The highest BCUT2D eigenvalue weighted by Crippen LogP contribution is 2.22. The summed E-state index contributed by atoms with van der Waals surface area (Å²) >= 11 is 0. The maximum Gasteiger partial charge on any atom is 0.129 e. The first kappa shape index (κ1) is 37.1. The van der Waals surface area contributed by atoms with Crippen molar-refractivity contribution in [1.29, 1.82) is 0 Å². The van der Waals surface area contributed by atoms with Crippen LogP contribution >= 0.6 is 0 Å². The Labute approximate surface area is 252 Å². The van der Waals surface area contributed by atoms with Crippen LogP contribution in [0.1, 0.15) is 217 Å². The molecule has 0 aromatic carbocycles. The Balaban J connectivity index is 2.53. The summed E-state index contributed by atoms with van der Waals surface area (Å²) in [6, 6.07) is 0. The van der Waals surface area contributed by atoms with Crippen LogP contribution < -0.4 is 0 Å². The largest absolute Gasteiger partial charge is 0.238 e. The summed E-state index contributed by atoms with van der Waals surface area (Å²) in [6.07, 6.45) is 40.8. The van der Waals surface area contributed by atoms with Crippen LogP contribution in [0.2, 0.25) is 0 Å². The van der Waals surface area contributed by atoms with Gasteiger partial charge < -0.3 is 0 Å². The van der Waals surface area contributed by atoms with Crippen LogP contribution in [0, 0.1) is 6.92 Å². The van der Waals surface area contributed by atoms with Crippen molar-refractivity contribution in [1.82, 2.24) is 9.97 Å². The second kappa shape index (κ2) is 28.2. The summed E-state index contributed by atoms with van der Waals surface area (Å²) < 4.78 is 0. The summed E-state index contributed by atoms with van der Waals surface area (Å²) in [7, 11) is 0. The molecule has 0 bridgehead atoms. The lowest BCUT2D eigenvalue weighted by Crippen LogP contribution is -2.09. The quantitative estimate of drug-likeness (QED) is 0.0882. The number of aryl methyl sites for hydroxylation is 2. The van der Waals surface area contributed by atoms with Crippen molar-refractivity contribution in [2.24, 2.45) is 0 Å². The standard InChI is InChI=1S/C38H71N2/c1-5-8-11-14-17-20-23-26-29-32-36-37(33-30-27-24-21-18-15-12-9-6-2)39-35(4)40-38(36)34-31-28-25-22-19-16-13-10-7-3/h4-34H2,1-3H3. The zero-order chi connectivity index (χ0) is 28.9. The monoisotopic (exact) mass is 556 g/mol. The minimum atomic E-state index is 0.757. The van der Waals surface area contributed by atoms with Gasteiger partial charge in [0.1, 0.15) is 5.82 Å². The van der Waals surface area contributed by atoms with Gasteiger partial charge in [0, 0.05) is 18.3 Å². The van der Waals surface area contributed by atoms with Crippen LogP contribution in [-0.4, -0.2) is 9.97 Å². The SMILES string of the molecule is [CH2]c1nc(CCCCCCCCCCC)c(CCCCCCCCCCC)c(CCCCCCCCCCC)n1. The molecule has 0 spiro atoms. The van der Waals surface area contributed by atoms with Gasteiger partial charge >= 0.3 is 0 Å². The summed E-state index contributed by atoms with van der Waals surface area (Å²) in [5, 5.41) is 0. The molecular weight excluding hydrogens is 484 g/mol. The van der Waals surface area contributed by atoms with Crippen molar-refractivity contribution in [3.8, 4) is 0 Å². The van der Waals surface area contributed by atoms with Gasteiger partial charge in [0.2, 0.25) is 0 Å². The third kappa shape index (κ3) is 20.9. The molecule has 1 aromatic rings. The molecule has 1 heterocycles. The van der Waals surface area contributed by atoms with E-state index in [2.05, 4.69) is 27.7 Å². The molecule has 0 aliphatic rings. The molecule has 0 atom stereocenters. The minimum absolute atomic E-state index is 0.757. The van der Waals surface area contributed by atoms with Crippen LogP contribution in [0.3, 0.4) is 0 Å². The van der Waals surface area contributed by atoms with Crippen molar-refractivity contribution < 1.29 is 0 Å². The van der Waals surface area contributed by atoms with E-state index < -0.39 is 0 Å². The van der Waals surface area contributed by atoms with Gasteiger partial charge in [-0.05, 0) is 44.1 Å². The lowest BCUT2D eigenvalue weighted by molar-refractivity contribution is 0.554. The molecular formula is C38H71N2. The molecule has 1 radical (unpaired) electrons.